The third kappa shape index (κ3) is 3.02. The van der Waals surface area contributed by atoms with Gasteiger partial charge in [-0.2, -0.15) is 0 Å². The summed E-state index contributed by atoms with van der Waals surface area (Å²) in [5.74, 6) is 0.261. The smallest absolute Gasteiger partial charge is 0.345 e. The molecule has 0 unspecified atom stereocenters. The van der Waals surface area contributed by atoms with Crippen LogP contribution in [0.5, 0.6) is 5.75 Å². The van der Waals surface area contributed by atoms with E-state index in [4.69, 9.17) is 9.15 Å². The summed E-state index contributed by atoms with van der Waals surface area (Å²) in [5.41, 5.74) is 5.81. The molecule has 2 heterocycles. The number of ether oxygens (including phenoxy) is 1. The monoisotopic (exact) mass is 331 g/mol. The number of rotatable bonds is 4. The second-order valence-corrected chi connectivity index (χ2v) is 5.53. The second kappa shape index (κ2) is 6.09. The minimum atomic E-state index is -0.502. The van der Waals surface area contributed by atoms with E-state index in [1.165, 1.54) is 25.4 Å². The highest BCUT2D eigenvalue weighted by Crippen LogP contribution is 2.28. The second-order valence-electron chi connectivity index (χ2n) is 4.67. The molecule has 0 aliphatic heterocycles. The number of carbonyl (C=O) groups is 1. The maximum absolute atomic E-state index is 12.2. The summed E-state index contributed by atoms with van der Waals surface area (Å²) in [7, 11) is 1.52. The number of amides is 1. The van der Waals surface area contributed by atoms with Crippen molar-refractivity contribution in [3.05, 3.63) is 40.1 Å². The predicted molar refractivity (Wildman–Crippen MR) is 87.6 cm³/mol. The molecular formula is C15H13N3O4S. The molecule has 1 amide bonds. The summed E-state index contributed by atoms with van der Waals surface area (Å²) in [6, 6.07) is 7.08. The Balaban J connectivity index is 2.02. The van der Waals surface area contributed by atoms with Gasteiger partial charge in [0.25, 0.3) is 0 Å². The van der Waals surface area contributed by atoms with Crippen LogP contribution in [0.3, 0.4) is 0 Å². The largest absolute Gasteiger partial charge is 0.493 e. The molecule has 118 valence electrons. The first kappa shape index (κ1) is 15.0. The Morgan fingerprint density at radius 3 is 2.96 bits per heavy atom. The van der Waals surface area contributed by atoms with Crippen molar-refractivity contribution >= 4 is 33.3 Å². The quantitative estimate of drug-likeness (QED) is 0.563. The number of hydrogen-bond donors (Lipinski definition) is 2. The van der Waals surface area contributed by atoms with Crippen LogP contribution in [0.1, 0.15) is 6.92 Å². The van der Waals surface area contributed by atoms with Crippen molar-refractivity contribution in [2.24, 2.45) is 0 Å². The van der Waals surface area contributed by atoms with Crippen molar-refractivity contribution in [3.8, 4) is 17.0 Å². The van der Waals surface area contributed by atoms with Crippen LogP contribution in [-0.4, -0.2) is 18.0 Å². The van der Waals surface area contributed by atoms with Crippen molar-refractivity contribution < 1.29 is 13.9 Å². The molecule has 23 heavy (non-hydrogen) atoms. The van der Waals surface area contributed by atoms with Crippen molar-refractivity contribution in [2.75, 3.05) is 12.5 Å². The van der Waals surface area contributed by atoms with Crippen molar-refractivity contribution in [2.45, 2.75) is 6.92 Å². The molecule has 0 aliphatic carbocycles. The molecule has 3 rings (SSSR count). The first-order valence-electron chi connectivity index (χ1n) is 6.68. The molecule has 1 aromatic carbocycles. The lowest BCUT2D eigenvalue weighted by atomic mass is 10.1. The SMILES string of the molecule is COc1cccc2cc(-c3csc(NNC(C)=O)n3)c(=O)oc12. The van der Waals surface area contributed by atoms with Gasteiger partial charge in [0.1, 0.15) is 0 Å². The molecule has 0 atom stereocenters. The van der Waals surface area contributed by atoms with Crippen LogP contribution in [0.2, 0.25) is 0 Å². The molecule has 0 saturated carbocycles. The first-order chi connectivity index (χ1) is 11.1. The number of nitrogens with zero attached hydrogens (tertiary/aromatic N) is 1. The van der Waals surface area contributed by atoms with Crippen LogP contribution in [0.25, 0.3) is 22.2 Å². The van der Waals surface area contributed by atoms with Crippen molar-refractivity contribution in [1.29, 1.82) is 0 Å². The highest BCUT2D eigenvalue weighted by atomic mass is 32.1. The van der Waals surface area contributed by atoms with Crippen molar-refractivity contribution in [3.63, 3.8) is 0 Å². The van der Waals surface area contributed by atoms with E-state index in [2.05, 4.69) is 15.8 Å². The average molecular weight is 331 g/mol. The summed E-state index contributed by atoms with van der Waals surface area (Å²) in [6.45, 7) is 1.38. The maximum Gasteiger partial charge on any atom is 0.345 e. The zero-order chi connectivity index (χ0) is 16.4. The molecule has 0 bridgehead atoms. The topological polar surface area (TPSA) is 93.5 Å². The lowest BCUT2D eigenvalue weighted by Gasteiger charge is -2.04. The van der Waals surface area contributed by atoms with Gasteiger partial charge in [-0.3, -0.25) is 15.6 Å². The van der Waals surface area contributed by atoms with E-state index in [-0.39, 0.29) is 5.91 Å². The Morgan fingerprint density at radius 2 is 2.22 bits per heavy atom. The van der Waals surface area contributed by atoms with Gasteiger partial charge in [0.15, 0.2) is 11.3 Å². The molecule has 0 spiro atoms. The van der Waals surface area contributed by atoms with Crippen LogP contribution < -0.4 is 21.2 Å². The van der Waals surface area contributed by atoms with Gasteiger partial charge >= 0.3 is 5.63 Å². The Kier molecular flexibility index (Phi) is 3.98. The van der Waals surface area contributed by atoms with Crippen LogP contribution in [0.15, 0.2) is 38.9 Å². The molecule has 7 nitrogen and oxygen atoms in total. The molecule has 0 fully saturated rings. The summed E-state index contributed by atoms with van der Waals surface area (Å²) >= 11 is 1.27. The molecule has 2 N–H and O–H groups in total. The fraction of sp³-hybridized carbons (Fsp3) is 0.133. The Bertz CT molecular complexity index is 932. The van der Waals surface area contributed by atoms with Gasteiger partial charge in [-0.15, -0.1) is 11.3 Å². The number of benzene rings is 1. The van der Waals surface area contributed by atoms with Gasteiger partial charge in [-0.1, -0.05) is 12.1 Å². The predicted octanol–water partition coefficient (Wildman–Crippen LogP) is 2.39. The molecular weight excluding hydrogens is 318 g/mol. The molecule has 0 radical (unpaired) electrons. The summed E-state index contributed by atoms with van der Waals surface area (Å²) in [5, 5.41) is 2.92. The Morgan fingerprint density at radius 1 is 1.39 bits per heavy atom. The highest BCUT2D eigenvalue weighted by molar-refractivity contribution is 7.14. The highest BCUT2D eigenvalue weighted by Gasteiger charge is 2.13. The number of para-hydroxylation sites is 1. The van der Waals surface area contributed by atoms with E-state index < -0.39 is 5.63 Å². The van der Waals surface area contributed by atoms with Crippen LogP contribution in [-0.2, 0) is 4.79 Å². The van der Waals surface area contributed by atoms with Gasteiger partial charge in [0, 0.05) is 17.7 Å². The van der Waals surface area contributed by atoms with Gasteiger partial charge in [0.2, 0.25) is 11.0 Å². The zero-order valence-corrected chi connectivity index (χ0v) is 13.2. The number of methoxy groups -OCH3 is 1. The van der Waals surface area contributed by atoms with E-state index in [1.54, 1.807) is 17.5 Å². The number of hydrogen-bond acceptors (Lipinski definition) is 7. The minimum absolute atomic E-state index is 0.237. The summed E-state index contributed by atoms with van der Waals surface area (Å²) in [4.78, 5) is 27.4. The maximum atomic E-state index is 12.2. The van der Waals surface area contributed by atoms with Gasteiger partial charge < -0.3 is 9.15 Å². The van der Waals surface area contributed by atoms with E-state index in [0.717, 1.165) is 5.39 Å². The number of thiazole rings is 1. The fourth-order valence-electron chi connectivity index (χ4n) is 2.05. The lowest BCUT2D eigenvalue weighted by molar-refractivity contribution is -0.118. The molecule has 0 saturated heterocycles. The fourth-order valence-corrected chi connectivity index (χ4v) is 2.72. The Labute approximate surface area is 134 Å². The van der Waals surface area contributed by atoms with E-state index in [0.29, 0.717) is 27.7 Å². The van der Waals surface area contributed by atoms with E-state index in [9.17, 15) is 9.59 Å². The zero-order valence-electron chi connectivity index (χ0n) is 12.4. The van der Waals surface area contributed by atoms with Crippen LogP contribution in [0.4, 0.5) is 5.13 Å². The molecule has 8 heteroatoms. The number of hydrazine groups is 1. The average Bonchev–Trinajstić information content (AvgIpc) is 3.00. The number of carbonyl (C=O) groups excluding carboxylic acids is 1. The van der Waals surface area contributed by atoms with Gasteiger partial charge in [-0.25, -0.2) is 9.78 Å². The van der Waals surface area contributed by atoms with E-state index >= 15 is 0 Å². The third-order valence-electron chi connectivity index (χ3n) is 3.07. The number of anilines is 1. The third-order valence-corrected chi connectivity index (χ3v) is 3.83. The molecule has 2 aromatic heterocycles. The molecule has 0 aliphatic rings. The van der Waals surface area contributed by atoms with Crippen molar-refractivity contribution in [1.82, 2.24) is 10.4 Å². The molecule has 3 aromatic rings. The van der Waals surface area contributed by atoms with E-state index in [1.807, 2.05) is 12.1 Å². The van der Waals surface area contributed by atoms with Gasteiger partial charge in [-0.05, 0) is 12.1 Å². The number of fused-ring (bicyclic) bond motifs is 1. The minimum Gasteiger partial charge on any atom is -0.493 e. The normalized spacial score (nSPS) is 10.5. The Hall–Kier alpha value is -2.87. The van der Waals surface area contributed by atoms with Gasteiger partial charge in [0.05, 0.1) is 18.4 Å². The van der Waals surface area contributed by atoms with Crippen LogP contribution >= 0.6 is 11.3 Å². The standard InChI is InChI=1S/C15H13N3O4S/c1-8(19)17-18-15-16-11(7-23-15)10-6-9-4-3-5-12(21-2)13(9)22-14(10)20/h3-7H,1-2H3,(H,16,18)(H,17,19). The number of aromatic nitrogens is 1. The summed E-state index contributed by atoms with van der Waals surface area (Å²) < 4.78 is 10.6. The summed E-state index contributed by atoms with van der Waals surface area (Å²) in [6.07, 6.45) is 0. The van der Waals surface area contributed by atoms with Crippen LogP contribution in [0, 0.1) is 0 Å². The first-order valence-corrected chi connectivity index (χ1v) is 7.56. The number of nitrogens with one attached hydrogen (secondary N) is 2. The lowest BCUT2D eigenvalue weighted by Crippen LogP contribution is -2.26.